The molecule has 1 heterocycles. The number of thioether (sulfide) groups is 1. The maximum atomic E-state index is 13.0. The zero-order chi connectivity index (χ0) is 19.8. The van der Waals surface area contributed by atoms with Crippen LogP contribution in [-0.4, -0.2) is 21.1 Å². The molecule has 142 valence electrons. The molecule has 0 radical (unpaired) electrons. The van der Waals surface area contributed by atoms with Gasteiger partial charge in [0, 0.05) is 11.6 Å². The number of ketones is 1. The van der Waals surface area contributed by atoms with E-state index in [2.05, 4.69) is 4.98 Å². The smallest absolute Gasteiger partial charge is 0.316 e. The van der Waals surface area contributed by atoms with E-state index >= 15 is 0 Å². The van der Waals surface area contributed by atoms with Crippen molar-refractivity contribution in [3.8, 4) is 0 Å². The van der Waals surface area contributed by atoms with Gasteiger partial charge in [-0.1, -0.05) is 41.6 Å². The van der Waals surface area contributed by atoms with Gasteiger partial charge in [0.1, 0.15) is 0 Å². The van der Waals surface area contributed by atoms with E-state index in [0.29, 0.717) is 16.2 Å². The Labute approximate surface area is 159 Å². The Kier molecular flexibility index (Phi) is 5.33. The molecule has 7 heteroatoms. The molecule has 0 amide bonds. The Morgan fingerprint density at radius 1 is 1.15 bits per heavy atom. The lowest BCUT2D eigenvalue weighted by Crippen LogP contribution is -2.07. The Balaban J connectivity index is 1.89. The van der Waals surface area contributed by atoms with Gasteiger partial charge >= 0.3 is 6.18 Å². The molecular weight excluding hydrogens is 373 g/mol. The number of rotatable bonds is 5. The molecule has 1 aromatic heterocycles. The summed E-state index contributed by atoms with van der Waals surface area (Å²) in [6.45, 7) is 5.82. The molecule has 2 aromatic carbocycles. The highest BCUT2D eigenvalue weighted by atomic mass is 32.2. The molecule has 3 nitrogen and oxygen atoms in total. The van der Waals surface area contributed by atoms with Crippen LogP contribution in [0.25, 0.3) is 11.0 Å². The van der Waals surface area contributed by atoms with Crippen LogP contribution in [0.15, 0.2) is 47.6 Å². The number of benzene rings is 2. The molecule has 0 saturated carbocycles. The van der Waals surface area contributed by atoms with Crippen LogP contribution in [0.1, 0.15) is 41.4 Å². The summed E-state index contributed by atoms with van der Waals surface area (Å²) in [6, 6.07) is 10.9. The fourth-order valence-electron chi connectivity index (χ4n) is 2.81. The minimum Gasteiger partial charge on any atom is -0.316 e. The minimum atomic E-state index is -4.41. The van der Waals surface area contributed by atoms with Crippen molar-refractivity contribution in [2.24, 2.45) is 0 Å². The molecule has 27 heavy (non-hydrogen) atoms. The fraction of sp³-hybridized carbons (Fsp3) is 0.300. The first-order valence-corrected chi connectivity index (χ1v) is 9.47. The molecule has 0 unspecified atom stereocenters. The van der Waals surface area contributed by atoms with Gasteiger partial charge in [-0.2, -0.15) is 13.2 Å². The van der Waals surface area contributed by atoms with Crippen molar-refractivity contribution >= 4 is 28.6 Å². The van der Waals surface area contributed by atoms with Crippen LogP contribution in [0.2, 0.25) is 0 Å². The van der Waals surface area contributed by atoms with Gasteiger partial charge in [-0.05, 0) is 39.0 Å². The van der Waals surface area contributed by atoms with Crippen LogP contribution in [0, 0.1) is 6.92 Å². The monoisotopic (exact) mass is 392 g/mol. The molecule has 0 atom stereocenters. The van der Waals surface area contributed by atoms with Crippen molar-refractivity contribution in [3.63, 3.8) is 0 Å². The van der Waals surface area contributed by atoms with Gasteiger partial charge in [0.05, 0.1) is 22.3 Å². The van der Waals surface area contributed by atoms with E-state index < -0.39 is 11.7 Å². The number of fused-ring (bicyclic) bond motifs is 1. The van der Waals surface area contributed by atoms with Crippen molar-refractivity contribution < 1.29 is 18.0 Å². The number of nitrogens with zero attached hydrogens (tertiary/aromatic N) is 2. The molecule has 0 spiro atoms. The van der Waals surface area contributed by atoms with Gasteiger partial charge in [0.2, 0.25) is 0 Å². The van der Waals surface area contributed by atoms with E-state index in [0.717, 1.165) is 17.7 Å². The summed E-state index contributed by atoms with van der Waals surface area (Å²) < 4.78 is 40.8. The summed E-state index contributed by atoms with van der Waals surface area (Å²) in [6.07, 6.45) is -4.41. The van der Waals surface area contributed by atoms with Crippen LogP contribution in [0.5, 0.6) is 0 Å². The normalized spacial score (nSPS) is 12.1. The van der Waals surface area contributed by atoms with Crippen LogP contribution in [0.3, 0.4) is 0 Å². The zero-order valence-corrected chi connectivity index (χ0v) is 16.0. The third-order valence-electron chi connectivity index (χ3n) is 4.21. The second kappa shape index (κ2) is 7.38. The first kappa shape index (κ1) is 19.5. The average Bonchev–Trinajstić information content (AvgIpc) is 2.97. The third kappa shape index (κ3) is 4.18. The number of hydrogen-bond acceptors (Lipinski definition) is 3. The molecule has 0 bridgehead atoms. The van der Waals surface area contributed by atoms with Crippen LogP contribution in [-0.2, 0) is 6.18 Å². The largest absolute Gasteiger partial charge is 0.416 e. The number of halogens is 3. The summed E-state index contributed by atoms with van der Waals surface area (Å²) in [5, 5.41) is 0.541. The number of carbonyl (C=O) groups is 1. The number of aryl methyl sites for hydroxylation is 1. The number of carbonyl (C=O) groups excluding carboxylic acids is 1. The molecule has 3 aromatic rings. The molecule has 0 N–H and O–H groups in total. The maximum Gasteiger partial charge on any atom is 0.416 e. The Hall–Kier alpha value is -2.28. The number of aromatic nitrogens is 2. The molecule has 0 fully saturated rings. The highest BCUT2D eigenvalue weighted by Crippen LogP contribution is 2.34. The third-order valence-corrected chi connectivity index (χ3v) is 5.16. The molecule has 3 rings (SSSR count). The lowest BCUT2D eigenvalue weighted by molar-refractivity contribution is -0.137. The van der Waals surface area contributed by atoms with Crippen LogP contribution < -0.4 is 0 Å². The van der Waals surface area contributed by atoms with E-state index in [1.54, 1.807) is 12.1 Å². The van der Waals surface area contributed by atoms with Crippen molar-refractivity contribution in [2.45, 2.75) is 38.1 Å². The van der Waals surface area contributed by atoms with E-state index in [1.807, 2.05) is 37.5 Å². The first-order valence-electron chi connectivity index (χ1n) is 8.48. The lowest BCUT2D eigenvalue weighted by Gasteiger charge is -2.13. The standard InChI is InChI=1S/C20H19F3N2OS/c1-12(2)25-17-9-8-15(20(21,22)23)10-16(17)24-19(25)27-11-18(26)14-6-4-13(3)5-7-14/h4-10,12H,11H2,1-3H3. The number of alkyl halides is 3. The minimum absolute atomic E-state index is 0.00344. The highest BCUT2D eigenvalue weighted by molar-refractivity contribution is 7.99. The average molecular weight is 392 g/mol. The Morgan fingerprint density at radius 3 is 2.41 bits per heavy atom. The second-order valence-electron chi connectivity index (χ2n) is 6.64. The number of hydrogen-bond donors (Lipinski definition) is 0. The fourth-order valence-corrected chi connectivity index (χ4v) is 3.84. The summed E-state index contributed by atoms with van der Waals surface area (Å²) in [4.78, 5) is 16.8. The predicted octanol–water partition coefficient (Wildman–Crippen LogP) is 5.92. The van der Waals surface area contributed by atoms with Crippen molar-refractivity contribution in [2.75, 3.05) is 5.75 Å². The maximum absolute atomic E-state index is 13.0. The van der Waals surface area contributed by atoms with Crippen molar-refractivity contribution in [1.82, 2.24) is 9.55 Å². The van der Waals surface area contributed by atoms with Gasteiger partial charge in [0.15, 0.2) is 10.9 Å². The van der Waals surface area contributed by atoms with Crippen LogP contribution in [0.4, 0.5) is 13.2 Å². The molecular formula is C20H19F3N2OS. The van der Waals surface area contributed by atoms with Crippen molar-refractivity contribution in [3.05, 3.63) is 59.2 Å². The van der Waals surface area contributed by atoms with Gasteiger partial charge in [-0.15, -0.1) is 0 Å². The van der Waals surface area contributed by atoms with Gasteiger partial charge in [-0.3, -0.25) is 4.79 Å². The van der Waals surface area contributed by atoms with E-state index in [4.69, 9.17) is 0 Å². The zero-order valence-electron chi connectivity index (χ0n) is 15.2. The lowest BCUT2D eigenvalue weighted by atomic mass is 10.1. The summed E-state index contributed by atoms with van der Waals surface area (Å²) in [5.41, 5.74) is 1.86. The topological polar surface area (TPSA) is 34.9 Å². The summed E-state index contributed by atoms with van der Waals surface area (Å²) >= 11 is 1.24. The highest BCUT2D eigenvalue weighted by Gasteiger charge is 2.31. The summed E-state index contributed by atoms with van der Waals surface area (Å²) in [5.74, 6) is 0.129. The van der Waals surface area contributed by atoms with Gasteiger partial charge < -0.3 is 4.57 Å². The Morgan fingerprint density at radius 2 is 1.81 bits per heavy atom. The van der Waals surface area contributed by atoms with E-state index in [9.17, 15) is 18.0 Å². The van der Waals surface area contributed by atoms with Crippen molar-refractivity contribution in [1.29, 1.82) is 0 Å². The van der Waals surface area contributed by atoms with Crippen LogP contribution >= 0.6 is 11.8 Å². The Bertz CT molecular complexity index is 975. The van der Waals surface area contributed by atoms with Gasteiger partial charge in [-0.25, -0.2) is 4.98 Å². The quantitative estimate of drug-likeness (QED) is 0.399. The SMILES string of the molecule is Cc1ccc(C(=O)CSc2nc3cc(C(F)(F)F)ccc3n2C(C)C)cc1. The number of imidazole rings is 1. The predicted molar refractivity (Wildman–Crippen MR) is 101 cm³/mol. The molecule has 0 aliphatic rings. The molecule has 0 aliphatic carbocycles. The number of Topliss-reactive ketones (excluding diaryl/α,β-unsaturated/α-hetero) is 1. The first-order chi connectivity index (χ1) is 12.7. The second-order valence-corrected chi connectivity index (χ2v) is 7.58. The van der Waals surface area contributed by atoms with E-state index in [-0.39, 0.29) is 23.1 Å². The van der Waals surface area contributed by atoms with E-state index in [1.165, 1.54) is 17.8 Å². The summed E-state index contributed by atoms with van der Waals surface area (Å²) in [7, 11) is 0. The molecule has 0 aliphatic heterocycles. The van der Waals surface area contributed by atoms with Gasteiger partial charge in [0.25, 0.3) is 0 Å². The molecule has 0 saturated heterocycles.